The number of aromatic amines is 1. The number of ketones is 2. The van der Waals surface area contributed by atoms with Crippen LogP contribution in [0.3, 0.4) is 0 Å². The van der Waals surface area contributed by atoms with Crippen LogP contribution < -0.4 is 5.32 Å². The van der Waals surface area contributed by atoms with E-state index in [4.69, 9.17) is 11.6 Å². The minimum atomic E-state index is -0.917. The molecule has 0 spiro atoms. The molecule has 1 aromatic heterocycles. The summed E-state index contributed by atoms with van der Waals surface area (Å²) in [5.41, 5.74) is -0.596. The molecule has 0 bridgehead atoms. The maximum Gasteiger partial charge on any atom is 0.231 e. The summed E-state index contributed by atoms with van der Waals surface area (Å²) in [7, 11) is 0. The highest BCUT2D eigenvalue weighted by molar-refractivity contribution is 6.49. The highest BCUT2D eigenvalue weighted by Gasteiger charge is 2.34. The SMILES string of the molecule is O=C1C(Nc2ccc(F)cc2F)=C(Cl)C(=O)c2[nH]cnc21. The summed E-state index contributed by atoms with van der Waals surface area (Å²) in [6.07, 6.45) is 1.19. The highest BCUT2D eigenvalue weighted by atomic mass is 35.5. The predicted molar refractivity (Wildman–Crippen MR) is 70.1 cm³/mol. The lowest BCUT2D eigenvalue weighted by Crippen LogP contribution is -2.24. The molecule has 3 rings (SSSR count). The third kappa shape index (κ3) is 2.11. The number of hydrogen-bond acceptors (Lipinski definition) is 4. The Balaban J connectivity index is 2.04. The van der Waals surface area contributed by atoms with E-state index >= 15 is 0 Å². The number of carbonyl (C=O) groups excluding carboxylic acids is 2. The number of carbonyl (C=O) groups is 2. The van der Waals surface area contributed by atoms with Gasteiger partial charge in [-0.05, 0) is 12.1 Å². The van der Waals surface area contributed by atoms with Gasteiger partial charge in [0.15, 0.2) is 0 Å². The third-order valence-electron chi connectivity index (χ3n) is 2.92. The van der Waals surface area contributed by atoms with E-state index in [-0.39, 0.29) is 27.8 Å². The number of imidazole rings is 1. The second-order valence-electron chi connectivity index (χ2n) is 4.22. The topological polar surface area (TPSA) is 74.8 Å². The van der Waals surface area contributed by atoms with E-state index in [1.165, 1.54) is 6.33 Å². The predicted octanol–water partition coefficient (Wildman–Crippen LogP) is 2.63. The summed E-state index contributed by atoms with van der Waals surface area (Å²) in [5.74, 6) is -2.97. The van der Waals surface area contributed by atoms with Crippen LogP contribution in [0.25, 0.3) is 0 Å². The van der Waals surface area contributed by atoms with E-state index in [2.05, 4.69) is 15.3 Å². The van der Waals surface area contributed by atoms with Crippen molar-refractivity contribution in [1.29, 1.82) is 0 Å². The second-order valence-corrected chi connectivity index (χ2v) is 4.60. The van der Waals surface area contributed by atoms with Crippen LogP contribution in [0.2, 0.25) is 0 Å². The largest absolute Gasteiger partial charge is 0.349 e. The molecule has 1 aliphatic carbocycles. The molecule has 106 valence electrons. The van der Waals surface area contributed by atoms with E-state index < -0.39 is 23.2 Å². The van der Waals surface area contributed by atoms with Crippen LogP contribution in [0, 0.1) is 11.6 Å². The molecular formula is C13H6ClF2N3O2. The van der Waals surface area contributed by atoms with Crippen LogP contribution in [0.5, 0.6) is 0 Å². The van der Waals surface area contributed by atoms with Crippen LogP contribution in [-0.2, 0) is 0 Å². The van der Waals surface area contributed by atoms with Crippen molar-refractivity contribution in [2.24, 2.45) is 0 Å². The summed E-state index contributed by atoms with van der Waals surface area (Å²) < 4.78 is 26.5. The average Bonchev–Trinajstić information content (AvgIpc) is 2.93. The number of H-pyrrole nitrogens is 1. The molecule has 0 atom stereocenters. The fourth-order valence-electron chi connectivity index (χ4n) is 1.92. The first-order valence-corrected chi connectivity index (χ1v) is 6.11. The van der Waals surface area contributed by atoms with Gasteiger partial charge in [-0.25, -0.2) is 13.8 Å². The minimum Gasteiger partial charge on any atom is -0.349 e. The molecule has 2 aromatic rings. The molecule has 0 saturated carbocycles. The maximum absolute atomic E-state index is 13.6. The van der Waals surface area contributed by atoms with Gasteiger partial charge < -0.3 is 10.3 Å². The second kappa shape index (κ2) is 4.78. The summed E-state index contributed by atoms with van der Waals surface area (Å²) >= 11 is 5.85. The van der Waals surface area contributed by atoms with Crippen molar-refractivity contribution in [1.82, 2.24) is 9.97 Å². The molecule has 0 unspecified atom stereocenters. The van der Waals surface area contributed by atoms with Crippen LogP contribution >= 0.6 is 11.6 Å². The van der Waals surface area contributed by atoms with Gasteiger partial charge in [-0.1, -0.05) is 11.6 Å². The van der Waals surface area contributed by atoms with E-state index in [0.717, 1.165) is 12.1 Å². The number of rotatable bonds is 2. The number of benzene rings is 1. The molecule has 1 aromatic carbocycles. The standard InChI is InChI=1S/C13H6ClF2N3O2/c14-8-9(19-7-2-1-5(15)3-6(7)16)13(21)11-10(12(8)20)17-4-18-11/h1-4,19H,(H,17,18). The van der Waals surface area contributed by atoms with E-state index in [0.29, 0.717) is 6.07 Å². The molecule has 1 aliphatic rings. The van der Waals surface area contributed by atoms with Gasteiger partial charge in [0.1, 0.15) is 33.8 Å². The fraction of sp³-hybridized carbons (Fsp3) is 0. The molecule has 8 heteroatoms. The van der Waals surface area contributed by atoms with Gasteiger partial charge in [0.2, 0.25) is 11.6 Å². The van der Waals surface area contributed by atoms with Gasteiger partial charge >= 0.3 is 0 Å². The lowest BCUT2D eigenvalue weighted by Gasteiger charge is -2.16. The Morgan fingerprint density at radius 3 is 2.67 bits per heavy atom. The molecule has 0 aliphatic heterocycles. The highest BCUT2D eigenvalue weighted by Crippen LogP contribution is 2.28. The summed E-state index contributed by atoms with van der Waals surface area (Å²) in [4.78, 5) is 30.4. The van der Waals surface area contributed by atoms with Crippen molar-refractivity contribution in [3.63, 3.8) is 0 Å². The number of nitrogens with one attached hydrogen (secondary N) is 2. The monoisotopic (exact) mass is 309 g/mol. The maximum atomic E-state index is 13.6. The first kappa shape index (κ1) is 13.4. The van der Waals surface area contributed by atoms with Gasteiger partial charge in [-0.3, -0.25) is 9.59 Å². The molecule has 2 N–H and O–H groups in total. The number of aromatic nitrogens is 2. The van der Waals surface area contributed by atoms with E-state index in [9.17, 15) is 18.4 Å². The van der Waals surface area contributed by atoms with E-state index in [1.807, 2.05) is 0 Å². The third-order valence-corrected chi connectivity index (χ3v) is 3.28. The van der Waals surface area contributed by atoms with Crippen molar-refractivity contribution in [3.05, 3.63) is 58.3 Å². The van der Waals surface area contributed by atoms with Crippen molar-refractivity contribution in [2.45, 2.75) is 0 Å². The number of fused-ring (bicyclic) bond motifs is 1. The van der Waals surface area contributed by atoms with Gasteiger partial charge in [-0.2, -0.15) is 0 Å². The number of nitrogens with zero attached hydrogens (tertiary/aromatic N) is 1. The zero-order valence-electron chi connectivity index (χ0n) is 10.2. The minimum absolute atomic E-state index is 0.0184. The van der Waals surface area contributed by atoms with Crippen LogP contribution in [0.4, 0.5) is 14.5 Å². The Hall–Kier alpha value is -2.54. The lowest BCUT2D eigenvalue weighted by atomic mass is 10.0. The van der Waals surface area contributed by atoms with Crippen molar-refractivity contribution in [3.8, 4) is 0 Å². The zero-order valence-corrected chi connectivity index (χ0v) is 11.0. The van der Waals surface area contributed by atoms with Crippen molar-refractivity contribution in [2.75, 3.05) is 5.32 Å². The number of halogens is 3. The van der Waals surface area contributed by atoms with Crippen LogP contribution in [-0.4, -0.2) is 21.5 Å². The summed E-state index contributed by atoms with van der Waals surface area (Å²) in [5, 5.41) is 2.03. The summed E-state index contributed by atoms with van der Waals surface area (Å²) in [6.45, 7) is 0. The molecule has 21 heavy (non-hydrogen) atoms. The van der Waals surface area contributed by atoms with Crippen LogP contribution in [0.15, 0.2) is 35.3 Å². The molecular weight excluding hydrogens is 304 g/mol. The summed E-state index contributed by atoms with van der Waals surface area (Å²) in [6, 6.07) is 2.75. The molecule has 1 heterocycles. The Morgan fingerprint density at radius 2 is 1.95 bits per heavy atom. The van der Waals surface area contributed by atoms with Crippen molar-refractivity contribution >= 4 is 28.9 Å². The normalized spacial score (nSPS) is 14.4. The number of hydrogen-bond donors (Lipinski definition) is 2. The Morgan fingerprint density at radius 1 is 1.19 bits per heavy atom. The molecule has 0 saturated heterocycles. The lowest BCUT2D eigenvalue weighted by molar-refractivity contribution is 0.0977. The Kier molecular flexibility index (Phi) is 3.06. The Bertz CT molecular complexity index is 813. The van der Waals surface area contributed by atoms with Gasteiger partial charge in [0.25, 0.3) is 0 Å². The Labute approximate surface area is 121 Å². The fourth-order valence-corrected chi connectivity index (χ4v) is 2.15. The van der Waals surface area contributed by atoms with Gasteiger partial charge in [0, 0.05) is 6.07 Å². The smallest absolute Gasteiger partial charge is 0.231 e. The average molecular weight is 310 g/mol. The molecule has 0 fully saturated rings. The zero-order chi connectivity index (χ0) is 15.1. The van der Waals surface area contributed by atoms with Gasteiger partial charge in [0.05, 0.1) is 12.0 Å². The molecule has 0 radical (unpaired) electrons. The number of allylic oxidation sites excluding steroid dienone is 2. The first-order chi connectivity index (χ1) is 9.99. The first-order valence-electron chi connectivity index (χ1n) is 5.73. The molecule has 0 amide bonds. The van der Waals surface area contributed by atoms with Crippen LogP contribution in [0.1, 0.15) is 21.0 Å². The number of anilines is 1. The number of Topliss-reactive ketones (excluding diaryl/α,β-unsaturated/α-hetero) is 2. The van der Waals surface area contributed by atoms with Gasteiger partial charge in [-0.15, -0.1) is 0 Å². The molecule has 5 nitrogen and oxygen atoms in total. The van der Waals surface area contributed by atoms with Crippen molar-refractivity contribution < 1.29 is 18.4 Å². The quantitative estimate of drug-likeness (QED) is 0.894. The van der Waals surface area contributed by atoms with E-state index in [1.54, 1.807) is 0 Å².